The Kier molecular flexibility index (Phi) is 6.62. The van der Waals surface area contributed by atoms with Gasteiger partial charge in [0.05, 0.1) is 11.7 Å². The zero-order valence-corrected chi connectivity index (χ0v) is 21.6. The predicted octanol–water partition coefficient (Wildman–Crippen LogP) is 5.45. The smallest absolute Gasteiger partial charge is 0.273 e. The van der Waals surface area contributed by atoms with Gasteiger partial charge in [-0.1, -0.05) is 35.0 Å². The molecule has 0 saturated heterocycles. The standard InChI is InChI=1S/C27H25ClN6O3/c1-15-10-20(17(3)32-27(35)23-8-9-37-33-23)21(22(28)11-15)13-36-25-7-5-6-19-24(12-16(2)31-26(19)25)34-18(4)29-14-30-34/h5-12,14,17H,13H2,1-4H3,(H,32,35)/t17-/m0/s1. The predicted molar refractivity (Wildman–Crippen MR) is 139 cm³/mol. The van der Waals surface area contributed by atoms with Crippen molar-refractivity contribution < 1.29 is 14.1 Å². The molecule has 3 heterocycles. The molecule has 0 aliphatic carbocycles. The lowest BCUT2D eigenvalue weighted by Crippen LogP contribution is -2.28. The van der Waals surface area contributed by atoms with E-state index in [4.69, 9.17) is 25.8 Å². The third-order valence-electron chi connectivity index (χ3n) is 6.09. The fourth-order valence-corrected chi connectivity index (χ4v) is 4.66. The van der Waals surface area contributed by atoms with Crippen LogP contribution in [0.25, 0.3) is 16.6 Å². The number of carbonyl (C=O) groups excluding carboxylic acids is 1. The third-order valence-corrected chi connectivity index (χ3v) is 6.42. The lowest BCUT2D eigenvalue weighted by Gasteiger charge is -2.20. The van der Waals surface area contributed by atoms with Crippen molar-refractivity contribution in [3.63, 3.8) is 0 Å². The van der Waals surface area contributed by atoms with Gasteiger partial charge in [-0.2, -0.15) is 5.10 Å². The second-order valence-electron chi connectivity index (χ2n) is 8.84. The van der Waals surface area contributed by atoms with Crippen LogP contribution in [-0.2, 0) is 6.61 Å². The van der Waals surface area contributed by atoms with Crippen molar-refractivity contribution in [2.45, 2.75) is 40.3 Å². The maximum Gasteiger partial charge on any atom is 0.273 e. The molecule has 1 atom stereocenters. The second kappa shape index (κ2) is 10.0. The first-order chi connectivity index (χ1) is 17.8. The Morgan fingerprint density at radius 2 is 2.03 bits per heavy atom. The molecule has 0 aliphatic heterocycles. The quantitative estimate of drug-likeness (QED) is 0.306. The molecule has 0 spiro atoms. The van der Waals surface area contributed by atoms with E-state index < -0.39 is 0 Å². The van der Waals surface area contributed by atoms with Crippen molar-refractivity contribution in [3.05, 3.63) is 94.0 Å². The summed E-state index contributed by atoms with van der Waals surface area (Å²) in [5.74, 6) is 1.05. The Labute approximate surface area is 218 Å². The molecule has 188 valence electrons. The maximum atomic E-state index is 12.6. The molecule has 0 saturated carbocycles. The lowest BCUT2D eigenvalue weighted by molar-refractivity contribution is 0.0930. The Balaban J connectivity index is 1.48. The monoisotopic (exact) mass is 516 g/mol. The minimum absolute atomic E-state index is 0.186. The number of fused-ring (bicyclic) bond motifs is 1. The van der Waals surface area contributed by atoms with Crippen LogP contribution in [-0.4, -0.2) is 30.8 Å². The van der Waals surface area contributed by atoms with Gasteiger partial charge >= 0.3 is 0 Å². The highest BCUT2D eigenvalue weighted by Crippen LogP contribution is 2.32. The maximum absolute atomic E-state index is 12.6. The molecule has 5 rings (SSSR count). The van der Waals surface area contributed by atoms with E-state index in [1.165, 1.54) is 18.7 Å². The van der Waals surface area contributed by atoms with Gasteiger partial charge in [-0.15, -0.1) is 0 Å². The van der Waals surface area contributed by atoms with Gasteiger partial charge < -0.3 is 14.6 Å². The van der Waals surface area contributed by atoms with Gasteiger partial charge in [0, 0.05) is 27.7 Å². The van der Waals surface area contributed by atoms with E-state index in [1.807, 2.05) is 64.1 Å². The summed E-state index contributed by atoms with van der Waals surface area (Å²) in [5.41, 5.74) is 5.22. The largest absolute Gasteiger partial charge is 0.487 e. The minimum Gasteiger partial charge on any atom is -0.487 e. The van der Waals surface area contributed by atoms with E-state index in [0.29, 0.717) is 16.3 Å². The average molecular weight is 517 g/mol. The molecule has 0 unspecified atom stereocenters. The number of nitrogens with one attached hydrogen (secondary N) is 1. The first-order valence-electron chi connectivity index (χ1n) is 11.7. The fourth-order valence-electron chi connectivity index (χ4n) is 4.32. The van der Waals surface area contributed by atoms with Crippen molar-refractivity contribution in [3.8, 4) is 11.4 Å². The van der Waals surface area contributed by atoms with Crippen LogP contribution in [0.4, 0.5) is 0 Å². The van der Waals surface area contributed by atoms with Crippen molar-refractivity contribution in [2.75, 3.05) is 0 Å². The second-order valence-corrected chi connectivity index (χ2v) is 9.24. The molecule has 5 aromatic rings. The Bertz CT molecular complexity index is 1600. The fraction of sp³-hybridized carbons (Fsp3) is 0.222. The first kappa shape index (κ1) is 24.5. The summed E-state index contributed by atoms with van der Waals surface area (Å²) in [4.78, 5) is 21.6. The van der Waals surface area contributed by atoms with Gasteiger partial charge in [0.2, 0.25) is 0 Å². The first-order valence-corrected chi connectivity index (χ1v) is 12.1. The minimum atomic E-state index is -0.352. The molecule has 0 aliphatic rings. The van der Waals surface area contributed by atoms with Crippen LogP contribution >= 0.6 is 11.6 Å². The van der Waals surface area contributed by atoms with Crippen LogP contribution in [0.3, 0.4) is 0 Å². The summed E-state index contributed by atoms with van der Waals surface area (Å²) in [6.45, 7) is 7.86. The molecule has 0 radical (unpaired) electrons. The van der Waals surface area contributed by atoms with E-state index in [2.05, 4.69) is 20.6 Å². The van der Waals surface area contributed by atoms with Crippen molar-refractivity contribution >= 4 is 28.4 Å². The third kappa shape index (κ3) is 4.90. The number of ether oxygens (including phenoxy) is 1. The van der Waals surface area contributed by atoms with E-state index >= 15 is 0 Å². The molecular weight excluding hydrogens is 492 g/mol. The highest BCUT2D eigenvalue weighted by molar-refractivity contribution is 6.31. The molecule has 10 heteroatoms. The van der Waals surface area contributed by atoms with Crippen LogP contribution in [0.15, 0.2) is 59.6 Å². The number of benzene rings is 2. The zero-order chi connectivity index (χ0) is 26.1. The number of nitrogens with zero attached hydrogens (tertiary/aromatic N) is 5. The van der Waals surface area contributed by atoms with Gasteiger partial charge in [0.25, 0.3) is 5.91 Å². The van der Waals surface area contributed by atoms with Crippen LogP contribution in [0.1, 0.15) is 51.7 Å². The van der Waals surface area contributed by atoms with E-state index in [1.54, 1.807) is 4.68 Å². The summed E-state index contributed by atoms with van der Waals surface area (Å²) in [6.07, 6.45) is 2.89. The van der Waals surface area contributed by atoms with Gasteiger partial charge in [0.15, 0.2) is 5.69 Å². The van der Waals surface area contributed by atoms with E-state index in [-0.39, 0.29) is 24.2 Å². The number of rotatable bonds is 7. The number of carbonyl (C=O) groups is 1. The number of hydrogen-bond acceptors (Lipinski definition) is 7. The molecule has 9 nitrogen and oxygen atoms in total. The number of pyridine rings is 1. The number of halogens is 1. The van der Waals surface area contributed by atoms with Gasteiger partial charge in [0.1, 0.15) is 36.3 Å². The Hall–Kier alpha value is -4.24. The van der Waals surface area contributed by atoms with Crippen molar-refractivity contribution in [1.29, 1.82) is 0 Å². The SMILES string of the molecule is Cc1cc(Cl)c(COc2cccc3c(-n4ncnc4C)cc(C)nc23)c([C@H](C)NC(=O)c2ccon2)c1. The average Bonchev–Trinajstić information content (AvgIpc) is 3.55. The Morgan fingerprint density at radius 1 is 1.19 bits per heavy atom. The van der Waals surface area contributed by atoms with Crippen LogP contribution in [0.5, 0.6) is 5.75 Å². The molecule has 37 heavy (non-hydrogen) atoms. The molecular formula is C27H25ClN6O3. The summed E-state index contributed by atoms with van der Waals surface area (Å²) < 4.78 is 12.9. The van der Waals surface area contributed by atoms with Crippen molar-refractivity contribution in [1.82, 2.24) is 30.2 Å². The van der Waals surface area contributed by atoms with Crippen LogP contribution in [0.2, 0.25) is 5.02 Å². The van der Waals surface area contributed by atoms with Crippen LogP contribution < -0.4 is 10.1 Å². The van der Waals surface area contributed by atoms with E-state index in [0.717, 1.165) is 39.3 Å². The zero-order valence-electron chi connectivity index (χ0n) is 20.8. The topological polar surface area (TPSA) is 108 Å². The lowest BCUT2D eigenvalue weighted by atomic mass is 9.99. The van der Waals surface area contributed by atoms with Crippen molar-refractivity contribution in [2.24, 2.45) is 0 Å². The number of aromatic nitrogens is 5. The Morgan fingerprint density at radius 3 is 2.76 bits per heavy atom. The molecule has 1 amide bonds. The summed E-state index contributed by atoms with van der Waals surface area (Å²) >= 11 is 6.68. The summed E-state index contributed by atoms with van der Waals surface area (Å²) in [6, 6.07) is 12.8. The van der Waals surface area contributed by atoms with Gasteiger partial charge in [-0.25, -0.2) is 14.6 Å². The van der Waals surface area contributed by atoms with Gasteiger partial charge in [-0.05, 0) is 57.0 Å². The van der Waals surface area contributed by atoms with Gasteiger partial charge in [-0.3, -0.25) is 4.79 Å². The number of para-hydroxylation sites is 1. The number of aryl methyl sites for hydroxylation is 3. The molecule has 1 N–H and O–H groups in total. The van der Waals surface area contributed by atoms with Crippen LogP contribution in [0, 0.1) is 20.8 Å². The molecule has 3 aromatic heterocycles. The normalized spacial score (nSPS) is 12.0. The highest BCUT2D eigenvalue weighted by atomic mass is 35.5. The highest BCUT2D eigenvalue weighted by Gasteiger charge is 2.20. The number of amides is 1. The molecule has 2 aromatic carbocycles. The van der Waals surface area contributed by atoms with E-state index in [9.17, 15) is 4.79 Å². The molecule has 0 bridgehead atoms. The molecule has 0 fully saturated rings. The number of hydrogen-bond donors (Lipinski definition) is 1. The summed E-state index contributed by atoms with van der Waals surface area (Å²) in [5, 5.41) is 12.5. The summed E-state index contributed by atoms with van der Waals surface area (Å²) in [7, 11) is 0.